The molecule has 1 amide bonds. The van der Waals surface area contributed by atoms with Gasteiger partial charge in [0.15, 0.2) is 0 Å². The molecule has 1 fully saturated rings. The predicted molar refractivity (Wildman–Crippen MR) is 88.8 cm³/mol. The van der Waals surface area contributed by atoms with Crippen molar-refractivity contribution in [3.8, 4) is 0 Å². The highest BCUT2D eigenvalue weighted by molar-refractivity contribution is 5.76. The van der Waals surface area contributed by atoms with Crippen molar-refractivity contribution in [2.45, 2.75) is 25.4 Å². The van der Waals surface area contributed by atoms with Crippen LogP contribution in [0.2, 0.25) is 0 Å². The standard InChI is InChI=1S/C19H22N2O2/c22-18-14-21(13-17(18)12-16-8-10-20-11-9-16)19(23)7-6-15-4-2-1-3-5-15/h1-5,8-11,17-18,22H,6-7,12-14H2/t17-,18+/m1/s1. The molecule has 0 radical (unpaired) electrons. The van der Waals surface area contributed by atoms with Crippen LogP contribution < -0.4 is 0 Å². The second-order valence-corrected chi connectivity index (χ2v) is 6.17. The topological polar surface area (TPSA) is 53.4 Å². The van der Waals surface area contributed by atoms with Crippen LogP contribution in [0.15, 0.2) is 54.9 Å². The van der Waals surface area contributed by atoms with Crippen LogP contribution in [-0.2, 0) is 17.6 Å². The molecule has 1 aromatic heterocycles. The molecule has 4 nitrogen and oxygen atoms in total. The maximum atomic E-state index is 12.4. The van der Waals surface area contributed by atoms with Crippen molar-refractivity contribution < 1.29 is 9.90 Å². The first-order chi connectivity index (χ1) is 11.2. The summed E-state index contributed by atoms with van der Waals surface area (Å²) in [4.78, 5) is 18.2. The zero-order valence-corrected chi connectivity index (χ0v) is 13.1. The molecule has 1 saturated heterocycles. The summed E-state index contributed by atoms with van der Waals surface area (Å²) in [7, 11) is 0. The second kappa shape index (κ2) is 7.38. The number of β-amino-alcohol motifs (C(OH)–C–C–N with tert-alkyl or cyclic N) is 1. The molecule has 3 rings (SSSR count). The lowest BCUT2D eigenvalue weighted by Gasteiger charge is -2.16. The molecule has 1 aromatic carbocycles. The van der Waals surface area contributed by atoms with Gasteiger partial charge in [-0.2, -0.15) is 0 Å². The van der Waals surface area contributed by atoms with Crippen molar-refractivity contribution in [2.24, 2.45) is 5.92 Å². The minimum Gasteiger partial charge on any atom is -0.391 e. The van der Waals surface area contributed by atoms with Gasteiger partial charge in [-0.1, -0.05) is 30.3 Å². The van der Waals surface area contributed by atoms with Gasteiger partial charge in [0.2, 0.25) is 5.91 Å². The molecule has 23 heavy (non-hydrogen) atoms. The van der Waals surface area contributed by atoms with Gasteiger partial charge in [-0.25, -0.2) is 0 Å². The van der Waals surface area contributed by atoms with E-state index in [-0.39, 0.29) is 11.8 Å². The molecule has 0 unspecified atom stereocenters. The van der Waals surface area contributed by atoms with E-state index in [1.54, 1.807) is 17.3 Å². The molecule has 2 aromatic rings. The molecule has 2 heterocycles. The number of rotatable bonds is 5. The summed E-state index contributed by atoms with van der Waals surface area (Å²) >= 11 is 0. The molecule has 0 bridgehead atoms. The highest BCUT2D eigenvalue weighted by atomic mass is 16.3. The second-order valence-electron chi connectivity index (χ2n) is 6.17. The van der Waals surface area contributed by atoms with Crippen LogP contribution in [0, 0.1) is 5.92 Å². The Labute approximate surface area is 136 Å². The minimum atomic E-state index is -0.441. The first kappa shape index (κ1) is 15.7. The van der Waals surface area contributed by atoms with E-state index in [1.165, 1.54) is 5.56 Å². The third-order valence-electron chi connectivity index (χ3n) is 4.48. The Morgan fingerprint density at radius 3 is 2.57 bits per heavy atom. The van der Waals surface area contributed by atoms with Crippen LogP contribution in [-0.4, -0.2) is 40.1 Å². The van der Waals surface area contributed by atoms with Gasteiger partial charge in [-0.15, -0.1) is 0 Å². The normalized spacial score (nSPS) is 20.7. The van der Waals surface area contributed by atoms with Crippen LogP contribution in [0.5, 0.6) is 0 Å². The number of nitrogens with zero attached hydrogens (tertiary/aromatic N) is 2. The zero-order chi connectivity index (χ0) is 16.1. The van der Waals surface area contributed by atoms with E-state index >= 15 is 0 Å². The highest BCUT2D eigenvalue weighted by Crippen LogP contribution is 2.22. The average molecular weight is 310 g/mol. The number of pyridine rings is 1. The first-order valence-corrected chi connectivity index (χ1v) is 8.11. The number of hydrogen-bond acceptors (Lipinski definition) is 3. The van der Waals surface area contributed by atoms with Crippen molar-refractivity contribution in [3.63, 3.8) is 0 Å². The molecular weight excluding hydrogens is 288 g/mol. The van der Waals surface area contributed by atoms with E-state index in [1.807, 2.05) is 42.5 Å². The molecule has 1 aliphatic rings. The fourth-order valence-electron chi connectivity index (χ4n) is 3.13. The average Bonchev–Trinajstić information content (AvgIpc) is 2.95. The summed E-state index contributed by atoms with van der Waals surface area (Å²) in [5.74, 6) is 0.239. The van der Waals surface area contributed by atoms with Crippen molar-refractivity contribution in [1.82, 2.24) is 9.88 Å². The smallest absolute Gasteiger partial charge is 0.223 e. The Morgan fingerprint density at radius 2 is 1.83 bits per heavy atom. The highest BCUT2D eigenvalue weighted by Gasteiger charge is 2.33. The fourth-order valence-corrected chi connectivity index (χ4v) is 3.13. The quantitative estimate of drug-likeness (QED) is 0.920. The van der Waals surface area contributed by atoms with Gasteiger partial charge >= 0.3 is 0 Å². The Balaban J connectivity index is 1.52. The summed E-state index contributed by atoms with van der Waals surface area (Å²) in [6, 6.07) is 14.0. The fraction of sp³-hybridized carbons (Fsp3) is 0.368. The summed E-state index contributed by atoms with van der Waals surface area (Å²) in [5, 5.41) is 10.2. The molecule has 0 spiro atoms. The third kappa shape index (κ3) is 4.17. The van der Waals surface area contributed by atoms with E-state index in [9.17, 15) is 9.90 Å². The molecule has 2 atom stereocenters. The molecule has 4 heteroatoms. The van der Waals surface area contributed by atoms with E-state index in [2.05, 4.69) is 4.98 Å². The number of amides is 1. The largest absolute Gasteiger partial charge is 0.391 e. The van der Waals surface area contributed by atoms with E-state index in [4.69, 9.17) is 0 Å². The van der Waals surface area contributed by atoms with Crippen molar-refractivity contribution in [3.05, 3.63) is 66.0 Å². The Bertz CT molecular complexity index is 630. The zero-order valence-electron chi connectivity index (χ0n) is 13.1. The maximum Gasteiger partial charge on any atom is 0.223 e. The summed E-state index contributed by atoms with van der Waals surface area (Å²) in [6.07, 6.45) is 5.12. The first-order valence-electron chi connectivity index (χ1n) is 8.11. The third-order valence-corrected chi connectivity index (χ3v) is 4.48. The van der Waals surface area contributed by atoms with Crippen LogP contribution in [0.3, 0.4) is 0 Å². The van der Waals surface area contributed by atoms with Gasteiger partial charge in [-0.05, 0) is 36.1 Å². The lowest BCUT2D eigenvalue weighted by Crippen LogP contribution is -2.29. The SMILES string of the molecule is O=C(CCc1ccccc1)N1C[C@@H](Cc2ccncc2)[C@@H](O)C1. The van der Waals surface area contributed by atoms with Gasteiger partial charge in [-0.3, -0.25) is 9.78 Å². The summed E-state index contributed by atoms with van der Waals surface area (Å²) in [5.41, 5.74) is 2.33. The van der Waals surface area contributed by atoms with Crippen molar-refractivity contribution in [2.75, 3.05) is 13.1 Å². The summed E-state index contributed by atoms with van der Waals surface area (Å²) in [6.45, 7) is 1.08. The molecule has 1 aliphatic heterocycles. The van der Waals surface area contributed by atoms with Crippen LogP contribution in [0.1, 0.15) is 17.5 Å². The van der Waals surface area contributed by atoms with Crippen molar-refractivity contribution >= 4 is 5.91 Å². The minimum absolute atomic E-state index is 0.109. The molecule has 0 aliphatic carbocycles. The van der Waals surface area contributed by atoms with Crippen LogP contribution >= 0.6 is 0 Å². The number of aliphatic hydroxyl groups is 1. The van der Waals surface area contributed by atoms with Gasteiger partial charge in [0.05, 0.1) is 6.10 Å². The maximum absolute atomic E-state index is 12.4. The molecule has 0 saturated carbocycles. The van der Waals surface area contributed by atoms with Gasteiger partial charge in [0, 0.05) is 37.8 Å². The van der Waals surface area contributed by atoms with Gasteiger partial charge < -0.3 is 10.0 Å². The Hall–Kier alpha value is -2.20. The number of benzene rings is 1. The number of carbonyl (C=O) groups excluding carboxylic acids is 1. The monoisotopic (exact) mass is 310 g/mol. The number of likely N-dealkylation sites (tertiary alicyclic amines) is 1. The lowest BCUT2D eigenvalue weighted by molar-refractivity contribution is -0.130. The number of aliphatic hydroxyl groups excluding tert-OH is 1. The van der Waals surface area contributed by atoms with E-state index in [0.29, 0.717) is 19.5 Å². The molecule has 120 valence electrons. The number of hydrogen-bond donors (Lipinski definition) is 1. The number of aromatic nitrogens is 1. The van der Waals surface area contributed by atoms with Crippen molar-refractivity contribution in [1.29, 1.82) is 0 Å². The lowest BCUT2D eigenvalue weighted by atomic mass is 9.97. The van der Waals surface area contributed by atoms with Gasteiger partial charge in [0.25, 0.3) is 0 Å². The van der Waals surface area contributed by atoms with Crippen LogP contribution in [0.4, 0.5) is 0 Å². The Morgan fingerprint density at radius 1 is 1.09 bits per heavy atom. The number of aryl methyl sites for hydroxylation is 1. The predicted octanol–water partition coefficient (Wildman–Crippen LogP) is 2.08. The van der Waals surface area contributed by atoms with E-state index < -0.39 is 6.10 Å². The van der Waals surface area contributed by atoms with E-state index in [0.717, 1.165) is 18.4 Å². The summed E-state index contributed by atoms with van der Waals surface area (Å²) < 4.78 is 0. The van der Waals surface area contributed by atoms with Gasteiger partial charge in [0.1, 0.15) is 0 Å². The molecule has 1 N–H and O–H groups in total. The number of carbonyl (C=O) groups is 1. The van der Waals surface area contributed by atoms with Crippen LogP contribution in [0.25, 0.3) is 0 Å². The molecular formula is C19H22N2O2. The Kier molecular flexibility index (Phi) is 5.03.